The van der Waals surface area contributed by atoms with Gasteiger partial charge in [0.2, 0.25) is 0 Å². The van der Waals surface area contributed by atoms with Crippen molar-refractivity contribution in [2.24, 2.45) is 0 Å². The number of nitrogens with zero attached hydrogens (tertiary/aromatic N) is 3. The summed E-state index contributed by atoms with van der Waals surface area (Å²) in [6.07, 6.45) is -2.56. The molecule has 0 aliphatic carbocycles. The number of hydrogen-bond acceptors (Lipinski definition) is 6. The Balaban J connectivity index is 2.14. The van der Waals surface area contributed by atoms with Crippen LogP contribution in [0.25, 0.3) is 11.2 Å². The Labute approximate surface area is 104 Å². The van der Waals surface area contributed by atoms with Gasteiger partial charge >= 0.3 is 5.69 Å². The van der Waals surface area contributed by atoms with E-state index < -0.39 is 35.8 Å². The number of nitrogens with one attached hydrogen (secondary N) is 1. The molecule has 9 nitrogen and oxygen atoms in total. The van der Waals surface area contributed by atoms with Crippen molar-refractivity contribution in [2.75, 3.05) is 0 Å². The molecule has 1 saturated heterocycles. The summed E-state index contributed by atoms with van der Waals surface area (Å²) in [5, 5.41) is 19.8. The van der Waals surface area contributed by atoms with E-state index in [1.165, 1.54) is 6.33 Å². The van der Waals surface area contributed by atoms with Crippen LogP contribution in [0.2, 0.25) is 0 Å². The fraction of sp³-hybridized carbons (Fsp3) is 0.500. The molecule has 0 spiro atoms. The molecule has 2 aliphatic heterocycles. The van der Waals surface area contributed by atoms with Gasteiger partial charge in [-0.25, -0.2) is 14.3 Å². The van der Waals surface area contributed by atoms with Gasteiger partial charge in [0.05, 0.1) is 12.9 Å². The van der Waals surface area contributed by atoms with Gasteiger partial charge < -0.3 is 19.5 Å². The largest absolute Gasteiger partial charge is 0.387 e. The summed E-state index contributed by atoms with van der Waals surface area (Å²) in [6, 6.07) is 0. The molecule has 4 heterocycles. The fourth-order valence-electron chi connectivity index (χ4n) is 2.76. The lowest BCUT2D eigenvalue weighted by Crippen LogP contribution is -2.40. The van der Waals surface area contributed by atoms with E-state index in [-0.39, 0.29) is 12.1 Å². The normalized spacial score (nSPS) is 32.7. The van der Waals surface area contributed by atoms with Gasteiger partial charge in [-0.3, -0.25) is 9.78 Å². The predicted molar refractivity (Wildman–Crippen MR) is 60.5 cm³/mol. The SMILES string of the molecule is O=c1[nH]c(=O)n2c3c1ncn3CC1OC2C(O)C1O. The van der Waals surface area contributed by atoms with Crippen molar-refractivity contribution in [1.82, 2.24) is 19.1 Å². The summed E-state index contributed by atoms with van der Waals surface area (Å²) in [7, 11) is 0. The van der Waals surface area contributed by atoms with E-state index in [0.29, 0.717) is 5.65 Å². The quantitative estimate of drug-likeness (QED) is 0.485. The third-order valence-corrected chi connectivity index (χ3v) is 3.66. The number of aliphatic hydroxyl groups excluding tert-OH is 2. The highest BCUT2D eigenvalue weighted by atomic mass is 16.6. The minimum Gasteiger partial charge on any atom is -0.387 e. The minimum atomic E-state index is -1.22. The second-order valence-electron chi connectivity index (χ2n) is 4.74. The first-order valence-corrected chi connectivity index (χ1v) is 5.79. The maximum atomic E-state index is 12.0. The van der Waals surface area contributed by atoms with Crippen molar-refractivity contribution in [3.63, 3.8) is 0 Å². The van der Waals surface area contributed by atoms with Crippen molar-refractivity contribution in [3.05, 3.63) is 27.2 Å². The van der Waals surface area contributed by atoms with Crippen LogP contribution in [-0.2, 0) is 11.3 Å². The molecule has 2 aromatic rings. The molecule has 0 aromatic carbocycles. The van der Waals surface area contributed by atoms with Crippen LogP contribution in [0.4, 0.5) is 0 Å². The van der Waals surface area contributed by atoms with Gasteiger partial charge in [0.15, 0.2) is 17.4 Å². The summed E-state index contributed by atoms with van der Waals surface area (Å²) in [6.45, 7) is 0.216. The first kappa shape index (κ1) is 10.9. The fourth-order valence-corrected chi connectivity index (χ4v) is 2.76. The van der Waals surface area contributed by atoms with Crippen LogP contribution in [0.15, 0.2) is 15.9 Å². The number of aromatic nitrogens is 4. The molecule has 2 aromatic heterocycles. The van der Waals surface area contributed by atoms with E-state index in [2.05, 4.69) is 9.97 Å². The van der Waals surface area contributed by atoms with E-state index in [9.17, 15) is 19.8 Å². The molecule has 0 saturated carbocycles. The van der Waals surface area contributed by atoms with Crippen molar-refractivity contribution < 1.29 is 14.9 Å². The summed E-state index contributed by atoms with van der Waals surface area (Å²) >= 11 is 0. The van der Waals surface area contributed by atoms with E-state index in [1.54, 1.807) is 4.57 Å². The van der Waals surface area contributed by atoms with Crippen LogP contribution in [-0.4, -0.2) is 47.6 Å². The van der Waals surface area contributed by atoms with Crippen LogP contribution in [0, 0.1) is 0 Å². The number of ether oxygens (including phenoxy) is 1. The number of H-pyrrole nitrogens is 1. The lowest BCUT2D eigenvalue weighted by Gasteiger charge is -2.19. The van der Waals surface area contributed by atoms with Crippen molar-refractivity contribution >= 4 is 11.2 Å². The van der Waals surface area contributed by atoms with E-state index in [4.69, 9.17) is 4.74 Å². The average molecular weight is 266 g/mol. The molecule has 19 heavy (non-hydrogen) atoms. The first-order chi connectivity index (χ1) is 9.08. The third kappa shape index (κ3) is 1.21. The standard InChI is InChI=1S/C10H10N4O5/c15-5-3-1-13-2-11-4-7(17)12-10(18)14(8(4)13)9(19-3)6(5)16/h2-3,5-6,9,15-16H,1H2,(H,12,17,18). The van der Waals surface area contributed by atoms with Gasteiger partial charge in [-0.1, -0.05) is 0 Å². The molecule has 1 fully saturated rings. The molecule has 4 unspecified atom stereocenters. The monoisotopic (exact) mass is 266 g/mol. The van der Waals surface area contributed by atoms with Gasteiger partial charge in [0, 0.05) is 0 Å². The number of imidazole rings is 1. The van der Waals surface area contributed by atoms with Crippen molar-refractivity contribution in [3.8, 4) is 0 Å². The lowest BCUT2D eigenvalue weighted by atomic mass is 10.1. The number of aromatic amines is 1. The molecular weight excluding hydrogens is 256 g/mol. The average Bonchev–Trinajstić information content (AvgIpc) is 2.82. The van der Waals surface area contributed by atoms with Crippen LogP contribution < -0.4 is 11.2 Å². The van der Waals surface area contributed by atoms with E-state index in [0.717, 1.165) is 4.57 Å². The minimum absolute atomic E-state index is 0.109. The molecular formula is C10H10N4O5. The van der Waals surface area contributed by atoms with E-state index >= 15 is 0 Å². The topological polar surface area (TPSA) is 122 Å². The van der Waals surface area contributed by atoms with Crippen LogP contribution >= 0.6 is 0 Å². The van der Waals surface area contributed by atoms with Crippen molar-refractivity contribution in [1.29, 1.82) is 0 Å². The third-order valence-electron chi connectivity index (χ3n) is 3.66. The first-order valence-electron chi connectivity index (χ1n) is 5.79. The smallest absolute Gasteiger partial charge is 0.332 e. The second-order valence-corrected chi connectivity index (χ2v) is 4.74. The highest BCUT2D eigenvalue weighted by Gasteiger charge is 2.47. The zero-order valence-corrected chi connectivity index (χ0v) is 9.55. The number of fused-ring (bicyclic) bond motifs is 3. The Bertz CT molecular complexity index is 789. The molecule has 2 aliphatic rings. The molecule has 9 heteroatoms. The van der Waals surface area contributed by atoms with Gasteiger partial charge in [0.1, 0.15) is 18.3 Å². The van der Waals surface area contributed by atoms with Crippen LogP contribution in [0.1, 0.15) is 6.23 Å². The number of hydrogen-bond donors (Lipinski definition) is 3. The van der Waals surface area contributed by atoms with Gasteiger partial charge in [-0.15, -0.1) is 0 Å². The Morgan fingerprint density at radius 1 is 1.37 bits per heavy atom. The zero-order valence-electron chi connectivity index (χ0n) is 9.55. The summed E-state index contributed by atoms with van der Waals surface area (Å²) in [5.41, 5.74) is -0.870. The maximum Gasteiger partial charge on any atom is 0.332 e. The highest BCUT2D eigenvalue weighted by molar-refractivity contribution is 5.70. The number of rotatable bonds is 0. The second kappa shape index (κ2) is 3.32. The zero-order chi connectivity index (χ0) is 13.3. The van der Waals surface area contributed by atoms with Gasteiger partial charge in [-0.2, -0.15) is 0 Å². The Hall–Kier alpha value is -1.97. The Morgan fingerprint density at radius 2 is 2.16 bits per heavy atom. The molecule has 0 radical (unpaired) electrons. The predicted octanol–water partition coefficient (Wildman–Crippen LogP) is -2.48. The molecule has 2 bridgehead atoms. The van der Waals surface area contributed by atoms with Gasteiger partial charge in [-0.05, 0) is 0 Å². The summed E-state index contributed by atoms with van der Waals surface area (Å²) in [5.74, 6) is 0. The molecule has 0 amide bonds. The summed E-state index contributed by atoms with van der Waals surface area (Å²) < 4.78 is 8.20. The summed E-state index contributed by atoms with van der Waals surface area (Å²) in [4.78, 5) is 29.7. The molecule has 4 rings (SSSR count). The molecule has 100 valence electrons. The molecule has 3 N–H and O–H groups in total. The maximum absolute atomic E-state index is 12.0. The Morgan fingerprint density at radius 3 is 2.95 bits per heavy atom. The van der Waals surface area contributed by atoms with Gasteiger partial charge in [0.25, 0.3) is 5.56 Å². The number of aliphatic hydroxyl groups is 2. The van der Waals surface area contributed by atoms with Crippen molar-refractivity contribution in [2.45, 2.75) is 31.1 Å². The van der Waals surface area contributed by atoms with E-state index in [1.807, 2.05) is 0 Å². The highest BCUT2D eigenvalue weighted by Crippen LogP contribution is 2.33. The Kier molecular flexibility index (Phi) is 1.91. The van der Waals surface area contributed by atoms with Crippen LogP contribution in [0.5, 0.6) is 0 Å². The molecule has 4 atom stereocenters. The lowest BCUT2D eigenvalue weighted by molar-refractivity contribution is -0.0353. The van der Waals surface area contributed by atoms with Crippen LogP contribution in [0.3, 0.4) is 0 Å².